The van der Waals surface area contributed by atoms with Crippen molar-refractivity contribution in [2.24, 2.45) is 11.3 Å². The van der Waals surface area contributed by atoms with Gasteiger partial charge in [-0.1, -0.05) is 125 Å². The summed E-state index contributed by atoms with van der Waals surface area (Å²) in [7, 11) is 0. The van der Waals surface area contributed by atoms with Crippen molar-refractivity contribution < 1.29 is 10.2 Å². The molecule has 0 spiro atoms. The molecule has 0 heterocycles. The molecule has 0 aliphatic heterocycles. The maximum Gasteiger partial charge on any atom is 0.185 e. The summed E-state index contributed by atoms with van der Waals surface area (Å²) in [5, 5.41) is 22.6. The van der Waals surface area contributed by atoms with Crippen LogP contribution < -0.4 is 0 Å². The van der Waals surface area contributed by atoms with Gasteiger partial charge in [-0.3, -0.25) is 0 Å². The van der Waals surface area contributed by atoms with Crippen LogP contribution in [0, 0.1) is 11.3 Å². The van der Waals surface area contributed by atoms with Crippen molar-refractivity contribution in [1.29, 1.82) is 0 Å². The molecule has 2 aromatic rings. The minimum atomic E-state index is -1.76. The van der Waals surface area contributed by atoms with E-state index in [0.717, 1.165) is 64.2 Å². The maximum atomic E-state index is 11.3. The highest BCUT2D eigenvalue weighted by Crippen LogP contribution is 2.41. The van der Waals surface area contributed by atoms with Crippen LogP contribution in [0.5, 0.6) is 0 Å². The van der Waals surface area contributed by atoms with Crippen LogP contribution in [0.1, 0.15) is 115 Å². The summed E-state index contributed by atoms with van der Waals surface area (Å²) in [5.41, 5.74) is 5.61. The Balaban J connectivity index is 1.50. The molecular formula is C37H54O2. The zero-order valence-electron chi connectivity index (χ0n) is 25.0. The highest BCUT2D eigenvalue weighted by molar-refractivity contribution is 5.33. The van der Waals surface area contributed by atoms with Crippen LogP contribution in [0.3, 0.4) is 0 Å². The number of allylic oxidation sites excluding steroid dienone is 3. The Morgan fingerprint density at radius 3 is 1.72 bits per heavy atom. The van der Waals surface area contributed by atoms with Gasteiger partial charge in [0.15, 0.2) is 5.79 Å². The second-order valence-electron chi connectivity index (χ2n) is 12.6. The summed E-state index contributed by atoms with van der Waals surface area (Å²) in [5.74, 6) is -1.88. The summed E-state index contributed by atoms with van der Waals surface area (Å²) >= 11 is 0. The predicted octanol–water partition coefficient (Wildman–Crippen LogP) is 9.75. The number of aliphatic hydroxyl groups is 2. The van der Waals surface area contributed by atoms with Crippen molar-refractivity contribution in [2.75, 3.05) is 0 Å². The second-order valence-corrected chi connectivity index (χ2v) is 12.6. The standard InChI is InChI=1S/C37H54O2/c1-31-19-18-29-36(2,3)35(31)28-30-37(38,39)34(26-16-6-4-10-20-32-22-12-8-13-23-32)27-17-7-5-11-21-33-24-14-9-15-25-33/h8-9,12-15,22-25,28,30,34,38-39H,4-7,10-11,16-21,26-27,29H2,1-3H3. The lowest BCUT2D eigenvalue weighted by atomic mass is 9.72. The van der Waals surface area contributed by atoms with E-state index in [-0.39, 0.29) is 11.3 Å². The lowest BCUT2D eigenvalue weighted by molar-refractivity contribution is -0.164. The third-order valence-corrected chi connectivity index (χ3v) is 8.86. The Labute approximate surface area is 239 Å². The number of aryl methyl sites for hydroxylation is 2. The van der Waals surface area contributed by atoms with E-state index in [9.17, 15) is 10.2 Å². The molecule has 3 rings (SSSR count). The number of hydrogen-bond donors (Lipinski definition) is 2. The normalized spacial score (nSPS) is 15.9. The van der Waals surface area contributed by atoms with Crippen molar-refractivity contribution in [2.45, 2.75) is 123 Å². The van der Waals surface area contributed by atoms with Crippen LogP contribution in [0.15, 0.2) is 84.0 Å². The zero-order valence-corrected chi connectivity index (χ0v) is 25.0. The summed E-state index contributed by atoms with van der Waals surface area (Å²) in [6, 6.07) is 21.4. The van der Waals surface area contributed by atoms with Gasteiger partial charge in [-0.05, 0) is 92.9 Å². The number of hydrogen-bond acceptors (Lipinski definition) is 2. The average molecular weight is 531 g/mol. The van der Waals surface area contributed by atoms with E-state index in [0.29, 0.717) is 0 Å². The fourth-order valence-electron chi connectivity index (χ4n) is 6.36. The zero-order chi connectivity index (χ0) is 28.0. The minimum absolute atomic E-state index is 0.0991. The summed E-state index contributed by atoms with van der Waals surface area (Å²) in [6.45, 7) is 6.78. The van der Waals surface area contributed by atoms with Gasteiger partial charge in [0, 0.05) is 5.92 Å². The van der Waals surface area contributed by atoms with Crippen molar-refractivity contribution in [1.82, 2.24) is 0 Å². The van der Waals surface area contributed by atoms with Crippen molar-refractivity contribution in [3.8, 4) is 0 Å². The van der Waals surface area contributed by atoms with Gasteiger partial charge in [0.2, 0.25) is 0 Å². The summed E-state index contributed by atoms with van der Waals surface area (Å²) < 4.78 is 0. The Bertz CT molecular complexity index is 949. The van der Waals surface area contributed by atoms with E-state index in [4.69, 9.17) is 0 Å². The topological polar surface area (TPSA) is 40.5 Å². The first kappa shape index (κ1) is 31.4. The average Bonchev–Trinajstić information content (AvgIpc) is 2.91. The van der Waals surface area contributed by atoms with Crippen LogP contribution in [0.4, 0.5) is 0 Å². The molecule has 0 atom stereocenters. The van der Waals surface area contributed by atoms with Crippen LogP contribution in [0.25, 0.3) is 0 Å². The molecule has 0 amide bonds. The molecule has 1 aliphatic rings. The third-order valence-electron chi connectivity index (χ3n) is 8.86. The quantitative estimate of drug-likeness (QED) is 0.158. The minimum Gasteiger partial charge on any atom is -0.362 e. The van der Waals surface area contributed by atoms with E-state index in [2.05, 4.69) is 81.4 Å². The molecule has 0 fully saturated rings. The SMILES string of the molecule is CC1=C(C=CC(O)(O)C(CCCCCCc2ccccc2)CCCCCCc2ccccc2)C(C)(C)CCC1. The maximum absolute atomic E-state index is 11.3. The van der Waals surface area contributed by atoms with Crippen LogP contribution in [0.2, 0.25) is 0 Å². The largest absolute Gasteiger partial charge is 0.362 e. The van der Waals surface area contributed by atoms with Crippen molar-refractivity contribution in [3.05, 3.63) is 95.1 Å². The van der Waals surface area contributed by atoms with Gasteiger partial charge in [0.25, 0.3) is 0 Å². The molecule has 2 nitrogen and oxygen atoms in total. The van der Waals surface area contributed by atoms with Crippen molar-refractivity contribution in [3.63, 3.8) is 0 Å². The van der Waals surface area contributed by atoms with Gasteiger partial charge < -0.3 is 10.2 Å². The smallest absolute Gasteiger partial charge is 0.185 e. The molecule has 2 aromatic carbocycles. The van der Waals surface area contributed by atoms with E-state index in [1.807, 2.05) is 6.08 Å². The van der Waals surface area contributed by atoms with E-state index in [1.165, 1.54) is 54.4 Å². The molecule has 39 heavy (non-hydrogen) atoms. The molecule has 2 N–H and O–H groups in total. The summed E-state index contributed by atoms with van der Waals surface area (Å²) in [4.78, 5) is 0. The van der Waals surface area contributed by atoms with E-state index >= 15 is 0 Å². The predicted molar refractivity (Wildman–Crippen MR) is 167 cm³/mol. The third kappa shape index (κ3) is 11.1. The fraction of sp³-hybridized carbons (Fsp3) is 0.568. The lowest BCUT2D eigenvalue weighted by Gasteiger charge is -2.34. The van der Waals surface area contributed by atoms with Gasteiger partial charge in [-0.2, -0.15) is 0 Å². The molecule has 0 saturated heterocycles. The molecule has 1 aliphatic carbocycles. The fourth-order valence-corrected chi connectivity index (χ4v) is 6.36. The highest BCUT2D eigenvalue weighted by atomic mass is 16.5. The molecular weight excluding hydrogens is 476 g/mol. The monoisotopic (exact) mass is 530 g/mol. The number of unbranched alkanes of at least 4 members (excludes halogenated alkanes) is 6. The molecule has 2 heteroatoms. The second kappa shape index (κ2) is 16.2. The Kier molecular flexibility index (Phi) is 13.0. The number of benzene rings is 2. The molecule has 0 bridgehead atoms. The first-order chi connectivity index (χ1) is 18.8. The van der Waals surface area contributed by atoms with Gasteiger partial charge in [-0.15, -0.1) is 0 Å². The molecule has 0 unspecified atom stereocenters. The molecule has 0 aromatic heterocycles. The highest BCUT2D eigenvalue weighted by Gasteiger charge is 2.33. The summed E-state index contributed by atoms with van der Waals surface area (Å²) in [6.07, 6.45) is 20.4. The van der Waals surface area contributed by atoms with Gasteiger partial charge >= 0.3 is 0 Å². The Hall–Kier alpha value is -2.16. The van der Waals surface area contributed by atoms with E-state index in [1.54, 1.807) is 6.08 Å². The Morgan fingerprint density at radius 2 is 1.23 bits per heavy atom. The van der Waals surface area contributed by atoms with Crippen LogP contribution in [-0.4, -0.2) is 16.0 Å². The van der Waals surface area contributed by atoms with Crippen LogP contribution >= 0.6 is 0 Å². The lowest BCUT2D eigenvalue weighted by Crippen LogP contribution is -2.36. The van der Waals surface area contributed by atoms with Gasteiger partial charge in [-0.25, -0.2) is 0 Å². The van der Waals surface area contributed by atoms with Gasteiger partial charge in [0.1, 0.15) is 0 Å². The molecule has 214 valence electrons. The Morgan fingerprint density at radius 1 is 0.744 bits per heavy atom. The van der Waals surface area contributed by atoms with E-state index < -0.39 is 5.79 Å². The van der Waals surface area contributed by atoms with Gasteiger partial charge in [0.05, 0.1) is 0 Å². The van der Waals surface area contributed by atoms with Crippen LogP contribution in [-0.2, 0) is 12.8 Å². The first-order valence-electron chi connectivity index (χ1n) is 15.7. The molecule has 0 radical (unpaired) electrons. The van der Waals surface area contributed by atoms with Crippen molar-refractivity contribution >= 4 is 0 Å². The number of rotatable bonds is 17. The molecule has 0 saturated carbocycles. The first-order valence-corrected chi connectivity index (χ1v) is 15.7.